The molecule has 0 amide bonds. The Morgan fingerprint density at radius 2 is 2.00 bits per heavy atom. The zero-order valence-corrected chi connectivity index (χ0v) is 9.14. The average Bonchev–Trinajstić information content (AvgIpc) is 2.01. The molecule has 13 heavy (non-hydrogen) atoms. The van der Waals surface area contributed by atoms with Crippen molar-refractivity contribution in [2.24, 2.45) is 21.6 Å². The van der Waals surface area contributed by atoms with Crippen LogP contribution >= 0.6 is 0 Å². The molecule has 0 aliphatic heterocycles. The van der Waals surface area contributed by atoms with Gasteiger partial charge in [0.1, 0.15) is 0 Å². The molecule has 0 aromatic carbocycles. The first-order valence-corrected chi connectivity index (χ1v) is 5.07. The fourth-order valence-electron chi connectivity index (χ4n) is 2.86. The minimum atomic E-state index is 0.271. The van der Waals surface area contributed by atoms with Crippen molar-refractivity contribution < 1.29 is 0 Å². The van der Waals surface area contributed by atoms with Crippen LogP contribution in [0.3, 0.4) is 0 Å². The number of rotatable bonds is 2. The molecule has 1 aliphatic carbocycles. The summed E-state index contributed by atoms with van der Waals surface area (Å²) in [5.74, 6) is 0. The predicted molar refractivity (Wildman–Crippen MR) is 58.1 cm³/mol. The monoisotopic (exact) mass is 182 g/mol. The number of aliphatic imine (C=N–C) groups is 1. The minimum Gasteiger partial charge on any atom is -0.330 e. The maximum Gasteiger partial charge on any atom is 0.0503 e. The van der Waals surface area contributed by atoms with Gasteiger partial charge in [-0.3, -0.25) is 4.99 Å². The first-order chi connectivity index (χ1) is 5.91. The molecule has 1 saturated carbocycles. The molecule has 2 nitrogen and oxygen atoms in total. The summed E-state index contributed by atoms with van der Waals surface area (Å²) in [5.41, 5.74) is 6.46. The highest BCUT2D eigenvalue weighted by Gasteiger charge is 2.39. The van der Waals surface area contributed by atoms with Gasteiger partial charge in [0.05, 0.1) is 6.04 Å². The summed E-state index contributed by atoms with van der Waals surface area (Å²) >= 11 is 0. The molecule has 0 heterocycles. The summed E-state index contributed by atoms with van der Waals surface area (Å²) in [7, 11) is 0. The van der Waals surface area contributed by atoms with E-state index in [9.17, 15) is 0 Å². The molecule has 1 fully saturated rings. The molecule has 1 aliphatic rings. The summed E-state index contributed by atoms with van der Waals surface area (Å²) in [6, 6.07) is 0.414. The van der Waals surface area contributed by atoms with Gasteiger partial charge in [-0.1, -0.05) is 20.8 Å². The lowest BCUT2D eigenvalue weighted by atomic mass is 9.63. The standard InChI is InChI=1S/C11H22N2/c1-10(2)5-9(13-4)6-11(3,7-10)8-12/h9H,4-8,12H2,1-3H3. The third kappa shape index (κ3) is 2.53. The number of hydrogen-bond acceptors (Lipinski definition) is 2. The molecule has 0 radical (unpaired) electrons. The molecule has 2 unspecified atom stereocenters. The van der Waals surface area contributed by atoms with Gasteiger partial charge in [-0.25, -0.2) is 0 Å². The summed E-state index contributed by atoms with van der Waals surface area (Å²) in [4.78, 5) is 4.18. The number of nitrogens with two attached hydrogens (primary N) is 1. The Kier molecular flexibility index (Phi) is 2.81. The van der Waals surface area contributed by atoms with Crippen LogP contribution in [0.25, 0.3) is 0 Å². The van der Waals surface area contributed by atoms with Crippen molar-refractivity contribution in [2.45, 2.75) is 46.1 Å². The van der Waals surface area contributed by atoms with Gasteiger partial charge in [0.15, 0.2) is 0 Å². The van der Waals surface area contributed by atoms with Crippen LogP contribution in [0.15, 0.2) is 4.99 Å². The van der Waals surface area contributed by atoms with Crippen molar-refractivity contribution in [3.63, 3.8) is 0 Å². The van der Waals surface area contributed by atoms with Gasteiger partial charge in [-0.2, -0.15) is 0 Å². The van der Waals surface area contributed by atoms with Crippen LogP contribution in [0.4, 0.5) is 0 Å². The van der Waals surface area contributed by atoms with Crippen LogP contribution in [0.2, 0.25) is 0 Å². The van der Waals surface area contributed by atoms with Gasteiger partial charge >= 0.3 is 0 Å². The SMILES string of the molecule is C=NC1CC(C)(C)CC(C)(CN)C1. The molecule has 0 spiro atoms. The Balaban J connectivity index is 2.76. The Labute approximate surface area is 81.6 Å². The molecule has 1 rings (SSSR count). The zero-order chi connectivity index (χ0) is 10.1. The topological polar surface area (TPSA) is 38.4 Å². The van der Waals surface area contributed by atoms with Crippen molar-refractivity contribution >= 4 is 6.72 Å². The number of hydrogen-bond donors (Lipinski definition) is 1. The highest BCUT2D eigenvalue weighted by atomic mass is 14.8. The third-order valence-electron chi connectivity index (χ3n) is 3.17. The molecule has 0 bridgehead atoms. The molecular weight excluding hydrogens is 160 g/mol. The second-order valence-corrected chi connectivity index (χ2v) is 5.60. The second kappa shape index (κ2) is 3.41. The summed E-state index contributed by atoms with van der Waals surface area (Å²) in [6.07, 6.45) is 3.48. The number of nitrogens with zero attached hydrogens (tertiary/aromatic N) is 1. The minimum absolute atomic E-state index is 0.271. The van der Waals surface area contributed by atoms with Crippen LogP contribution in [-0.2, 0) is 0 Å². The highest BCUT2D eigenvalue weighted by molar-refractivity contribution is 5.24. The van der Waals surface area contributed by atoms with E-state index < -0.39 is 0 Å². The molecule has 2 N–H and O–H groups in total. The summed E-state index contributed by atoms with van der Waals surface area (Å²) in [5, 5.41) is 0. The van der Waals surface area contributed by atoms with E-state index in [1.807, 2.05) is 0 Å². The third-order valence-corrected chi connectivity index (χ3v) is 3.17. The van der Waals surface area contributed by atoms with E-state index >= 15 is 0 Å². The Bertz CT molecular complexity index is 198. The zero-order valence-electron chi connectivity index (χ0n) is 9.14. The molecule has 0 saturated heterocycles. The molecule has 2 heteroatoms. The molecule has 76 valence electrons. The molecule has 0 aromatic rings. The molecular formula is C11H22N2. The quantitative estimate of drug-likeness (QED) is 0.653. The first-order valence-electron chi connectivity index (χ1n) is 5.07. The van der Waals surface area contributed by atoms with Gasteiger partial charge in [0.25, 0.3) is 0 Å². The predicted octanol–water partition coefficient (Wildman–Crippen LogP) is 2.23. The fraction of sp³-hybridized carbons (Fsp3) is 0.909. The lowest BCUT2D eigenvalue weighted by Crippen LogP contribution is -2.41. The van der Waals surface area contributed by atoms with E-state index in [0.29, 0.717) is 11.5 Å². The van der Waals surface area contributed by atoms with Crippen molar-refractivity contribution in [1.29, 1.82) is 0 Å². The van der Waals surface area contributed by atoms with Crippen molar-refractivity contribution in [2.75, 3.05) is 6.54 Å². The lowest BCUT2D eigenvalue weighted by Gasteiger charge is -2.45. The Hall–Kier alpha value is -0.370. The average molecular weight is 182 g/mol. The van der Waals surface area contributed by atoms with E-state index in [1.165, 1.54) is 6.42 Å². The maximum atomic E-state index is 5.81. The van der Waals surface area contributed by atoms with Gasteiger partial charge in [-0.05, 0) is 43.4 Å². The Morgan fingerprint density at radius 3 is 2.46 bits per heavy atom. The summed E-state index contributed by atoms with van der Waals surface area (Å²) in [6.45, 7) is 11.3. The fourth-order valence-corrected chi connectivity index (χ4v) is 2.86. The largest absolute Gasteiger partial charge is 0.330 e. The van der Waals surface area contributed by atoms with E-state index in [4.69, 9.17) is 5.73 Å². The van der Waals surface area contributed by atoms with Crippen molar-refractivity contribution in [1.82, 2.24) is 0 Å². The first kappa shape index (κ1) is 10.7. The normalized spacial score (nSPS) is 38.6. The van der Waals surface area contributed by atoms with Gasteiger partial charge < -0.3 is 5.73 Å². The van der Waals surface area contributed by atoms with E-state index in [2.05, 4.69) is 32.5 Å². The van der Waals surface area contributed by atoms with E-state index in [-0.39, 0.29) is 5.41 Å². The molecule has 2 atom stereocenters. The lowest BCUT2D eigenvalue weighted by molar-refractivity contribution is 0.0914. The van der Waals surface area contributed by atoms with Crippen molar-refractivity contribution in [3.05, 3.63) is 0 Å². The van der Waals surface area contributed by atoms with Gasteiger partial charge in [-0.15, -0.1) is 0 Å². The highest BCUT2D eigenvalue weighted by Crippen LogP contribution is 2.46. The second-order valence-electron chi connectivity index (χ2n) is 5.60. The van der Waals surface area contributed by atoms with Crippen LogP contribution in [0.5, 0.6) is 0 Å². The van der Waals surface area contributed by atoms with Gasteiger partial charge in [0, 0.05) is 0 Å². The van der Waals surface area contributed by atoms with Crippen LogP contribution in [0.1, 0.15) is 40.0 Å². The molecule has 0 aromatic heterocycles. The van der Waals surface area contributed by atoms with Crippen LogP contribution in [0, 0.1) is 10.8 Å². The van der Waals surface area contributed by atoms with Gasteiger partial charge in [0.2, 0.25) is 0 Å². The van der Waals surface area contributed by atoms with E-state index in [1.54, 1.807) is 0 Å². The van der Waals surface area contributed by atoms with Crippen molar-refractivity contribution in [3.8, 4) is 0 Å². The van der Waals surface area contributed by atoms with Crippen LogP contribution < -0.4 is 5.73 Å². The van der Waals surface area contributed by atoms with Crippen LogP contribution in [-0.4, -0.2) is 19.3 Å². The summed E-state index contributed by atoms with van der Waals surface area (Å²) < 4.78 is 0. The Morgan fingerprint density at radius 1 is 1.38 bits per heavy atom. The maximum absolute atomic E-state index is 5.81. The van der Waals surface area contributed by atoms with E-state index in [0.717, 1.165) is 19.4 Å². The smallest absolute Gasteiger partial charge is 0.0503 e.